The topological polar surface area (TPSA) is 71.7 Å². The number of nitrogens with one attached hydrogen (secondary N) is 2. The van der Waals surface area contributed by atoms with Crippen molar-refractivity contribution in [2.45, 2.75) is 18.8 Å². The maximum atomic E-state index is 13.6. The summed E-state index contributed by atoms with van der Waals surface area (Å²) >= 11 is 0. The zero-order valence-electron chi connectivity index (χ0n) is 13.2. The van der Waals surface area contributed by atoms with Crippen LogP contribution in [0.15, 0.2) is 36.5 Å². The summed E-state index contributed by atoms with van der Waals surface area (Å²) in [6.07, 6.45) is 4.08. The minimum absolute atomic E-state index is 0.439. The third-order valence-corrected chi connectivity index (χ3v) is 4.73. The van der Waals surface area contributed by atoms with E-state index in [9.17, 15) is 8.78 Å². The number of hydrogen-bond donors (Lipinski definition) is 3. The number of imidazole rings is 1. The van der Waals surface area contributed by atoms with Crippen molar-refractivity contribution in [2.24, 2.45) is 0 Å². The fourth-order valence-corrected chi connectivity index (χ4v) is 3.22. The first-order valence-electron chi connectivity index (χ1n) is 8.11. The van der Waals surface area contributed by atoms with E-state index in [1.54, 1.807) is 6.20 Å². The highest BCUT2D eigenvalue weighted by atomic mass is 19.2. The minimum Gasteiger partial charge on any atom is -0.359 e. The SMILES string of the molecule is Nn1c(Nc2c[nH]c3cc(F)c(F)cc23)nc2cc(C3CC3)ccc21. The third-order valence-electron chi connectivity index (χ3n) is 4.73. The van der Waals surface area contributed by atoms with Crippen molar-refractivity contribution in [2.75, 3.05) is 11.2 Å². The van der Waals surface area contributed by atoms with Crippen LogP contribution in [0.5, 0.6) is 0 Å². The summed E-state index contributed by atoms with van der Waals surface area (Å²) in [4.78, 5) is 7.46. The molecule has 0 saturated heterocycles. The molecule has 4 N–H and O–H groups in total. The summed E-state index contributed by atoms with van der Waals surface area (Å²) in [5.74, 6) is 5.43. The molecule has 0 bridgehead atoms. The molecule has 4 aromatic rings. The molecule has 5 rings (SSSR count). The molecule has 0 radical (unpaired) electrons. The molecule has 2 aromatic carbocycles. The average molecular weight is 339 g/mol. The van der Waals surface area contributed by atoms with Crippen LogP contribution in [0.1, 0.15) is 24.3 Å². The monoisotopic (exact) mass is 339 g/mol. The maximum absolute atomic E-state index is 13.6. The van der Waals surface area contributed by atoms with Crippen molar-refractivity contribution >= 4 is 33.6 Å². The molecule has 1 saturated carbocycles. The molecule has 5 nitrogen and oxygen atoms in total. The summed E-state index contributed by atoms with van der Waals surface area (Å²) in [6.45, 7) is 0. The van der Waals surface area contributed by atoms with E-state index in [0.717, 1.165) is 23.2 Å². The van der Waals surface area contributed by atoms with Gasteiger partial charge < -0.3 is 16.1 Å². The lowest BCUT2D eigenvalue weighted by atomic mass is 10.1. The number of halogens is 2. The van der Waals surface area contributed by atoms with Gasteiger partial charge in [-0.15, -0.1) is 0 Å². The average Bonchev–Trinajstić information content (AvgIpc) is 3.32. The lowest BCUT2D eigenvalue weighted by molar-refractivity contribution is 0.511. The smallest absolute Gasteiger partial charge is 0.227 e. The van der Waals surface area contributed by atoms with Gasteiger partial charge in [-0.3, -0.25) is 0 Å². The second-order valence-electron chi connectivity index (χ2n) is 6.47. The highest BCUT2D eigenvalue weighted by Gasteiger charge is 2.24. The molecule has 1 aliphatic carbocycles. The van der Waals surface area contributed by atoms with E-state index in [1.807, 2.05) is 6.07 Å². The molecule has 1 fully saturated rings. The molecule has 25 heavy (non-hydrogen) atoms. The first-order chi connectivity index (χ1) is 12.1. The molecule has 126 valence electrons. The number of H-pyrrole nitrogens is 1. The highest BCUT2D eigenvalue weighted by molar-refractivity contribution is 5.94. The Morgan fingerprint density at radius 2 is 1.96 bits per heavy atom. The van der Waals surface area contributed by atoms with Crippen LogP contribution in [0.4, 0.5) is 20.4 Å². The van der Waals surface area contributed by atoms with Gasteiger partial charge in [0.05, 0.1) is 22.2 Å². The summed E-state index contributed by atoms with van der Waals surface area (Å²) in [5, 5.41) is 3.63. The number of rotatable bonds is 3. The van der Waals surface area contributed by atoms with Crippen LogP contribution in [0.2, 0.25) is 0 Å². The summed E-state index contributed by atoms with van der Waals surface area (Å²) in [6, 6.07) is 8.39. The Morgan fingerprint density at radius 1 is 1.16 bits per heavy atom. The van der Waals surface area contributed by atoms with E-state index < -0.39 is 11.6 Å². The molecular weight excluding hydrogens is 324 g/mol. The van der Waals surface area contributed by atoms with Gasteiger partial charge >= 0.3 is 0 Å². The molecule has 7 heteroatoms. The maximum Gasteiger partial charge on any atom is 0.227 e. The number of anilines is 2. The standard InChI is InChI=1S/C18H15F2N5/c19-12-6-11-14(7-13(12)20)22-8-16(11)24-18-23-15-5-10(9-1-2-9)3-4-17(15)25(18)21/h3-9,22H,1-2,21H2,(H,23,24). The first-order valence-corrected chi connectivity index (χ1v) is 8.11. The van der Waals surface area contributed by atoms with Gasteiger partial charge in [-0.05, 0) is 42.5 Å². The van der Waals surface area contributed by atoms with Crippen molar-refractivity contribution < 1.29 is 8.78 Å². The van der Waals surface area contributed by atoms with Crippen LogP contribution in [0, 0.1) is 11.6 Å². The second kappa shape index (κ2) is 4.95. The van der Waals surface area contributed by atoms with Crippen LogP contribution >= 0.6 is 0 Å². The van der Waals surface area contributed by atoms with Gasteiger partial charge in [-0.1, -0.05) is 6.07 Å². The van der Waals surface area contributed by atoms with Crippen molar-refractivity contribution in [3.8, 4) is 0 Å². The van der Waals surface area contributed by atoms with Gasteiger partial charge in [0.25, 0.3) is 0 Å². The van der Waals surface area contributed by atoms with Crippen molar-refractivity contribution in [3.05, 3.63) is 53.7 Å². The van der Waals surface area contributed by atoms with E-state index >= 15 is 0 Å². The van der Waals surface area contributed by atoms with Crippen LogP contribution in [0.25, 0.3) is 21.9 Å². The van der Waals surface area contributed by atoms with Crippen LogP contribution < -0.4 is 11.2 Å². The number of aromatic nitrogens is 3. The molecule has 0 spiro atoms. The minimum atomic E-state index is -0.898. The zero-order chi connectivity index (χ0) is 17.1. The lowest BCUT2D eigenvalue weighted by Gasteiger charge is -2.05. The lowest BCUT2D eigenvalue weighted by Crippen LogP contribution is -2.11. The number of fused-ring (bicyclic) bond motifs is 2. The Hall–Kier alpha value is -3.09. The Balaban J connectivity index is 1.57. The Bertz CT molecular complexity index is 1120. The summed E-state index contributed by atoms with van der Waals surface area (Å²) in [5.41, 5.74) is 3.98. The Morgan fingerprint density at radius 3 is 2.76 bits per heavy atom. The molecular formula is C18H15F2N5. The van der Waals surface area contributed by atoms with Crippen molar-refractivity contribution in [3.63, 3.8) is 0 Å². The van der Waals surface area contributed by atoms with E-state index in [0.29, 0.717) is 28.5 Å². The van der Waals surface area contributed by atoms with Crippen molar-refractivity contribution in [1.82, 2.24) is 14.6 Å². The number of benzene rings is 2. The molecule has 2 heterocycles. The number of nitrogens with zero attached hydrogens (tertiary/aromatic N) is 2. The van der Waals surface area contributed by atoms with E-state index in [2.05, 4.69) is 27.4 Å². The predicted octanol–water partition coefficient (Wildman–Crippen LogP) is 4.13. The summed E-state index contributed by atoms with van der Waals surface area (Å²) < 4.78 is 28.4. The number of nitrogens with two attached hydrogens (primary N) is 1. The first kappa shape index (κ1) is 14.3. The van der Waals surface area contributed by atoms with Gasteiger partial charge in [0.2, 0.25) is 5.95 Å². The summed E-state index contributed by atoms with van der Waals surface area (Å²) in [7, 11) is 0. The fourth-order valence-electron chi connectivity index (χ4n) is 3.22. The Kier molecular flexibility index (Phi) is 2.83. The highest BCUT2D eigenvalue weighted by Crippen LogP contribution is 2.41. The van der Waals surface area contributed by atoms with Crippen LogP contribution in [-0.2, 0) is 0 Å². The van der Waals surface area contributed by atoms with Crippen molar-refractivity contribution in [1.29, 1.82) is 0 Å². The molecule has 1 aliphatic rings. The fraction of sp³-hybridized carbons (Fsp3) is 0.167. The molecule has 0 aliphatic heterocycles. The van der Waals surface area contributed by atoms with E-state index in [-0.39, 0.29) is 0 Å². The van der Waals surface area contributed by atoms with Gasteiger partial charge in [-0.25, -0.2) is 18.4 Å². The van der Waals surface area contributed by atoms with Gasteiger partial charge in [0, 0.05) is 17.6 Å². The largest absolute Gasteiger partial charge is 0.359 e. The van der Waals surface area contributed by atoms with Crippen LogP contribution in [-0.4, -0.2) is 14.6 Å². The van der Waals surface area contributed by atoms with Gasteiger partial charge in [-0.2, -0.15) is 0 Å². The van der Waals surface area contributed by atoms with Crippen LogP contribution in [0.3, 0.4) is 0 Å². The molecule has 0 amide bonds. The zero-order valence-corrected chi connectivity index (χ0v) is 13.2. The number of nitrogen functional groups attached to an aromatic ring is 1. The Labute approximate surface area is 141 Å². The quantitative estimate of drug-likeness (QED) is 0.492. The van der Waals surface area contributed by atoms with Gasteiger partial charge in [0.15, 0.2) is 11.6 Å². The molecule has 0 unspecified atom stereocenters. The third kappa shape index (κ3) is 2.23. The van der Waals surface area contributed by atoms with E-state index in [4.69, 9.17) is 5.84 Å². The molecule has 2 aromatic heterocycles. The molecule has 0 atom stereocenters. The number of hydrogen-bond acceptors (Lipinski definition) is 3. The van der Waals surface area contributed by atoms with E-state index in [1.165, 1.54) is 23.1 Å². The predicted molar refractivity (Wildman–Crippen MR) is 93.4 cm³/mol. The number of aromatic amines is 1. The van der Waals surface area contributed by atoms with Gasteiger partial charge in [0.1, 0.15) is 0 Å². The normalized spacial score (nSPS) is 14.5. The second-order valence-corrected chi connectivity index (χ2v) is 6.47.